The van der Waals surface area contributed by atoms with Gasteiger partial charge in [-0.25, -0.2) is 0 Å². The van der Waals surface area contributed by atoms with Crippen molar-refractivity contribution in [1.29, 1.82) is 0 Å². The fourth-order valence-electron chi connectivity index (χ4n) is 3.49. The van der Waals surface area contributed by atoms with Gasteiger partial charge in [0.05, 0.1) is 6.54 Å². The molecule has 1 aromatic carbocycles. The number of aliphatic imine (C=N–C) groups is 1. The van der Waals surface area contributed by atoms with Crippen molar-refractivity contribution in [2.24, 2.45) is 12.0 Å². The van der Waals surface area contributed by atoms with Crippen molar-refractivity contribution in [3.8, 4) is 0 Å². The van der Waals surface area contributed by atoms with Gasteiger partial charge < -0.3 is 19.7 Å². The van der Waals surface area contributed by atoms with Gasteiger partial charge in [0.15, 0.2) is 5.96 Å². The summed E-state index contributed by atoms with van der Waals surface area (Å²) >= 11 is 0. The molecule has 0 radical (unpaired) electrons. The highest BCUT2D eigenvalue weighted by atomic mass is 15.3. The minimum absolute atomic E-state index is 0.793. The first-order valence-corrected chi connectivity index (χ1v) is 8.93. The van der Waals surface area contributed by atoms with E-state index < -0.39 is 0 Å². The van der Waals surface area contributed by atoms with Crippen molar-refractivity contribution in [3.05, 3.63) is 53.3 Å². The second-order valence-electron chi connectivity index (χ2n) is 6.86. The molecule has 1 N–H and O–H groups in total. The normalized spacial score (nSPS) is 14.4. The van der Waals surface area contributed by atoms with E-state index in [1.807, 2.05) is 7.05 Å². The van der Waals surface area contributed by atoms with Crippen LogP contribution < -0.4 is 10.2 Å². The molecule has 0 aliphatic carbocycles. The van der Waals surface area contributed by atoms with Crippen LogP contribution in [0.4, 0.5) is 5.69 Å². The Morgan fingerprint density at radius 3 is 2.84 bits per heavy atom. The lowest BCUT2D eigenvalue weighted by Gasteiger charge is -2.28. The molecule has 1 aromatic heterocycles. The molecule has 0 saturated carbocycles. The van der Waals surface area contributed by atoms with E-state index in [0.29, 0.717) is 0 Å². The largest absolute Gasteiger partial charge is 0.374 e. The Labute approximate surface area is 151 Å². The van der Waals surface area contributed by atoms with Crippen molar-refractivity contribution in [1.82, 2.24) is 14.8 Å². The van der Waals surface area contributed by atoms with Crippen molar-refractivity contribution < 1.29 is 0 Å². The predicted octanol–water partition coefficient (Wildman–Crippen LogP) is 2.61. The number of nitrogens with one attached hydrogen (secondary N) is 1. The number of hydrogen-bond acceptors (Lipinski definition) is 2. The van der Waals surface area contributed by atoms with Crippen molar-refractivity contribution >= 4 is 11.6 Å². The second-order valence-corrected chi connectivity index (χ2v) is 6.86. The van der Waals surface area contributed by atoms with Crippen LogP contribution in [0.25, 0.3) is 0 Å². The Hall–Kier alpha value is -2.43. The zero-order valence-corrected chi connectivity index (χ0v) is 15.8. The fraction of sp³-hybridized carbons (Fsp3) is 0.450. The van der Waals surface area contributed by atoms with Crippen molar-refractivity contribution in [2.75, 3.05) is 32.6 Å². The van der Waals surface area contributed by atoms with Crippen LogP contribution in [0.3, 0.4) is 0 Å². The topological polar surface area (TPSA) is 35.8 Å². The molecule has 25 heavy (non-hydrogen) atoms. The zero-order chi connectivity index (χ0) is 17.8. The number of aromatic nitrogens is 1. The third-order valence-corrected chi connectivity index (χ3v) is 4.97. The third kappa shape index (κ3) is 3.98. The zero-order valence-electron chi connectivity index (χ0n) is 15.8. The number of benzene rings is 1. The highest BCUT2D eigenvalue weighted by Gasteiger charge is 2.14. The molecule has 5 nitrogen and oxygen atoms in total. The van der Waals surface area contributed by atoms with Gasteiger partial charge in [-0.3, -0.25) is 4.99 Å². The van der Waals surface area contributed by atoms with E-state index in [-0.39, 0.29) is 0 Å². The number of hydrogen-bond donors (Lipinski definition) is 1. The van der Waals surface area contributed by atoms with E-state index in [0.717, 1.165) is 25.6 Å². The third-order valence-electron chi connectivity index (χ3n) is 4.97. The minimum Gasteiger partial charge on any atom is -0.374 e. The van der Waals surface area contributed by atoms with E-state index >= 15 is 0 Å². The number of fused-ring (bicyclic) bond motifs is 1. The van der Waals surface area contributed by atoms with Crippen LogP contribution in [0.15, 0.2) is 41.5 Å². The molecule has 2 heterocycles. The van der Waals surface area contributed by atoms with E-state index in [1.165, 1.54) is 35.3 Å². The number of nitrogens with zero attached hydrogens (tertiary/aromatic N) is 4. The first-order valence-electron chi connectivity index (χ1n) is 8.93. The van der Waals surface area contributed by atoms with Crippen LogP contribution in [0.5, 0.6) is 0 Å². The lowest BCUT2D eigenvalue weighted by Crippen LogP contribution is -2.38. The summed E-state index contributed by atoms with van der Waals surface area (Å²) < 4.78 is 2.14. The molecular formula is C20H29N5. The summed E-state index contributed by atoms with van der Waals surface area (Å²) in [4.78, 5) is 8.93. The van der Waals surface area contributed by atoms with Crippen LogP contribution in [0.2, 0.25) is 0 Å². The monoisotopic (exact) mass is 339 g/mol. The van der Waals surface area contributed by atoms with Gasteiger partial charge in [0.2, 0.25) is 0 Å². The van der Waals surface area contributed by atoms with Gasteiger partial charge in [0, 0.05) is 58.9 Å². The number of aryl methyl sites for hydroxylation is 2. The summed E-state index contributed by atoms with van der Waals surface area (Å²) in [6, 6.07) is 11.0. The Bertz CT molecular complexity index is 746. The molecule has 0 atom stereocenters. The molecule has 0 spiro atoms. The lowest BCUT2D eigenvalue weighted by molar-refractivity contribution is 0.461. The van der Waals surface area contributed by atoms with Gasteiger partial charge in [-0.2, -0.15) is 0 Å². The van der Waals surface area contributed by atoms with Gasteiger partial charge in [-0.1, -0.05) is 12.1 Å². The second kappa shape index (κ2) is 7.64. The SMILES string of the molecule is CN=C(NCc1ccc2c(c1)CCCN2C)N(C)Cc1cccn1C. The van der Waals surface area contributed by atoms with E-state index in [2.05, 4.69) is 82.3 Å². The molecule has 1 aliphatic heterocycles. The highest BCUT2D eigenvalue weighted by Crippen LogP contribution is 2.26. The average molecular weight is 339 g/mol. The van der Waals surface area contributed by atoms with E-state index in [1.54, 1.807) is 0 Å². The number of rotatable bonds is 4. The standard InChI is InChI=1S/C20H29N5/c1-21-20(25(4)15-18-8-6-11-23(18)2)22-14-16-9-10-19-17(13-16)7-5-12-24(19)3/h6,8-11,13H,5,7,12,14-15H2,1-4H3,(H,21,22). The molecule has 5 heteroatoms. The number of guanidine groups is 1. The fourth-order valence-corrected chi connectivity index (χ4v) is 3.49. The van der Waals surface area contributed by atoms with Gasteiger partial charge in [-0.15, -0.1) is 0 Å². The maximum atomic E-state index is 4.43. The minimum atomic E-state index is 0.793. The molecule has 0 amide bonds. The van der Waals surface area contributed by atoms with Crippen LogP contribution in [-0.4, -0.2) is 43.1 Å². The molecule has 134 valence electrons. The van der Waals surface area contributed by atoms with Crippen LogP contribution in [0, 0.1) is 0 Å². The Morgan fingerprint density at radius 1 is 1.28 bits per heavy atom. The van der Waals surface area contributed by atoms with E-state index in [4.69, 9.17) is 0 Å². The summed E-state index contributed by atoms with van der Waals surface area (Å²) in [7, 11) is 8.16. The average Bonchev–Trinajstić information content (AvgIpc) is 3.00. The molecular weight excluding hydrogens is 310 g/mol. The highest BCUT2D eigenvalue weighted by molar-refractivity contribution is 5.79. The quantitative estimate of drug-likeness (QED) is 0.687. The van der Waals surface area contributed by atoms with Gasteiger partial charge >= 0.3 is 0 Å². The van der Waals surface area contributed by atoms with Gasteiger partial charge in [0.1, 0.15) is 0 Å². The van der Waals surface area contributed by atoms with Crippen LogP contribution in [-0.2, 0) is 26.6 Å². The Balaban J connectivity index is 1.62. The van der Waals surface area contributed by atoms with Crippen LogP contribution in [0.1, 0.15) is 23.2 Å². The lowest BCUT2D eigenvalue weighted by atomic mass is 9.99. The molecule has 0 unspecified atom stereocenters. The van der Waals surface area contributed by atoms with Crippen molar-refractivity contribution in [2.45, 2.75) is 25.9 Å². The molecule has 2 aromatic rings. The first kappa shape index (κ1) is 17.4. The Kier molecular flexibility index (Phi) is 5.31. The summed E-state index contributed by atoms with van der Waals surface area (Å²) in [5.41, 5.74) is 5.41. The Morgan fingerprint density at radius 2 is 2.12 bits per heavy atom. The van der Waals surface area contributed by atoms with Gasteiger partial charge in [0.25, 0.3) is 0 Å². The molecule has 3 rings (SSSR count). The van der Waals surface area contributed by atoms with Gasteiger partial charge in [-0.05, 0) is 42.2 Å². The summed E-state index contributed by atoms with van der Waals surface area (Å²) in [5, 5.41) is 3.49. The maximum Gasteiger partial charge on any atom is 0.194 e. The first-order chi connectivity index (χ1) is 12.1. The molecule has 0 saturated heterocycles. The predicted molar refractivity (Wildman–Crippen MR) is 105 cm³/mol. The molecule has 0 fully saturated rings. The summed E-state index contributed by atoms with van der Waals surface area (Å²) in [6.45, 7) is 2.78. The van der Waals surface area contributed by atoms with Crippen molar-refractivity contribution in [3.63, 3.8) is 0 Å². The maximum absolute atomic E-state index is 4.43. The molecule has 1 aliphatic rings. The molecule has 0 bridgehead atoms. The number of anilines is 1. The summed E-state index contributed by atoms with van der Waals surface area (Å²) in [6.07, 6.45) is 4.49. The van der Waals surface area contributed by atoms with Crippen LogP contribution >= 0.6 is 0 Å². The smallest absolute Gasteiger partial charge is 0.194 e. The van der Waals surface area contributed by atoms with E-state index in [9.17, 15) is 0 Å². The summed E-state index contributed by atoms with van der Waals surface area (Å²) in [5.74, 6) is 0.913.